The predicted molar refractivity (Wildman–Crippen MR) is 218 cm³/mol. The van der Waals surface area contributed by atoms with Gasteiger partial charge in [-0.1, -0.05) is 26.3 Å². The zero-order valence-corrected chi connectivity index (χ0v) is 46.2. The first-order valence-electron chi connectivity index (χ1n) is 20.8. The van der Waals surface area contributed by atoms with Crippen molar-refractivity contribution in [3.05, 3.63) is 55.2 Å². The second-order valence-electron chi connectivity index (χ2n) is 16.6. The summed E-state index contributed by atoms with van der Waals surface area (Å²) in [6, 6.07) is 0. The average Bonchev–Trinajstić information content (AvgIpc) is 3.83. The summed E-state index contributed by atoms with van der Waals surface area (Å²) in [6.07, 6.45) is 3.44. The number of ether oxygens (including phenoxy) is 9. The SMILES string of the molecule is C=C(C)C(=O)OCC(=O)OC1C2CC3C(=O)OC1C3C2.C=C(C)C(=O)OCC(=O)OC1C2CC3CC(C2)C(=O)OC1C3.C=C(C)C(=O)OCCOC(=O)C(C)(F)F.C=C(C)C(=O)O[CH-]C.[Cf].[Cf].[Cf]. The van der Waals surface area contributed by atoms with E-state index in [0.29, 0.717) is 18.4 Å². The van der Waals surface area contributed by atoms with E-state index < -0.39 is 73.8 Å². The van der Waals surface area contributed by atoms with Gasteiger partial charge in [-0.3, -0.25) is 9.59 Å². The fourth-order valence-electron chi connectivity index (χ4n) is 8.09. The van der Waals surface area contributed by atoms with Gasteiger partial charge in [0.1, 0.15) is 37.6 Å². The number of hydrogen-bond acceptors (Lipinski definition) is 18. The van der Waals surface area contributed by atoms with Crippen LogP contribution in [0.15, 0.2) is 48.6 Å². The summed E-state index contributed by atoms with van der Waals surface area (Å²) in [5, 5.41) is 0. The van der Waals surface area contributed by atoms with Crippen LogP contribution in [-0.2, 0) is 85.8 Å². The Kier molecular flexibility index (Phi) is 22.2. The van der Waals surface area contributed by atoms with Crippen LogP contribution in [0.4, 0.5) is 8.78 Å². The molecule has 23 heteroatoms. The topological polar surface area (TPSA) is 237 Å². The summed E-state index contributed by atoms with van der Waals surface area (Å²) in [5.41, 5.74) is 1.06. The van der Waals surface area contributed by atoms with Crippen molar-refractivity contribution < 1.29 is 94.6 Å². The zero-order chi connectivity index (χ0) is 48.9. The first-order chi connectivity index (χ1) is 30.3. The molecule has 0 aromatic heterocycles. The van der Waals surface area contributed by atoms with E-state index in [1.54, 1.807) is 13.8 Å². The third kappa shape index (κ3) is 16.2. The van der Waals surface area contributed by atoms with Crippen LogP contribution in [-0.4, -0.2) is 110 Å². The smallest absolute Gasteiger partial charge is 0.376 e. The molecule has 0 radical (unpaired) electrons. The van der Waals surface area contributed by atoms with E-state index in [1.807, 2.05) is 0 Å². The van der Waals surface area contributed by atoms with Crippen LogP contribution >= 0.6 is 0 Å². The largest absolute Gasteiger partial charge is 0.634 e. The maximum atomic E-state index is 12.2. The van der Waals surface area contributed by atoms with Gasteiger partial charge in [-0.2, -0.15) is 22.3 Å². The Morgan fingerprint density at radius 1 is 0.632 bits per heavy atom. The van der Waals surface area contributed by atoms with Crippen molar-refractivity contribution in [2.24, 2.45) is 35.5 Å². The first-order valence-corrected chi connectivity index (χ1v) is 20.8. The van der Waals surface area contributed by atoms with Crippen molar-refractivity contribution in [2.75, 3.05) is 26.4 Å². The molecule has 4 saturated carbocycles. The van der Waals surface area contributed by atoms with Gasteiger partial charge in [0.15, 0.2) is 13.2 Å². The number of carbonyl (C=O) groups is 9. The molecule has 18 nitrogen and oxygen atoms in total. The van der Waals surface area contributed by atoms with Gasteiger partial charge in [0.05, 0.1) is 11.8 Å². The molecule has 10 atom stereocenters. The summed E-state index contributed by atoms with van der Waals surface area (Å²) in [5.74, 6) is -8.06. The van der Waals surface area contributed by atoms with E-state index in [4.69, 9.17) is 28.4 Å². The molecule has 3 aliphatic heterocycles. The van der Waals surface area contributed by atoms with E-state index >= 15 is 0 Å². The number of rotatable bonds is 15. The van der Waals surface area contributed by atoms with Crippen molar-refractivity contribution >= 4 is 53.7 Å². The number of fused-ring (bicyclic) bond motifs is 2. The third-order valence-electron chi connectivity index (χ3n) is 11.0. The minimum Gasteiger partial charge on any atom is -0.634 e. The summed E-state index contributed by atoms with van der Waals surface area (Å²) in [6.45, 7) is 21.4. The summed E-state index contributed by atoms with van der Waals surface area (Å²) >= 11 is 0. The second kappa shape index (κ2) is 25.5. The molecule has 0 amide bonds. The summed E-state index contributed by atoms with van der Waals surface area (Å²) in [4.78, 5) is 101. The van der Waals surface area contributed by atoms with E-state index in [1.165, 1.54) is 27.4 Å². The molecular formula is C45H57Cf3F2O18-. The van der Waals surface area contributed by atoms with Crippen LogP contribution in [0.1, 0.15) is 80.1 Å². The Bertz CT molecular complexity index is 1920. The predicted octanol–water partition coefficient (Wildman–Crippen LogP) is 4.57. The molecule has 6 bridgehead atoms. The molecule has 4 aliphatic carbocycles. The van der Waals surface area contributed by atoms with E-state index in [2.05, 4.69) is 40.5 Å². The molecule has 7 fully saturated rings. The van der Waals surface area contributed by atoms with Crippen molar-refractivity contribution in [1.82, 2.24) is 0 Å². The van der Waals surface area contributed by atoms with E-state index in [9.17, 15) is 51.9 Å². The van der Waals surface area contributed by atoms with E-state index in [0.717, 1.165) is 38.5 Å². The number of alkyl halides is 2. The molecule has 0 aromatic rings. The molecule has 0 aromatic carbocycles. The molecule has 0 N–H and O–H groups in total. The summed E-state index contributed by atoms with van der Waals surface area (Å²) in [7, 11) is 0. The monoisotopic (exact) mass is 1670 g/mol. The Balaban J connectivity index is 0.000000912. The van der Waals surface area contributed by atoms with Crippen molar-refractivity contribution in [2.45, 2.75) is 110 Å². The van der Waals surface area contributed by atoms with Gasteiger partial charge in [-0.15, -0.1) is 0 Å². The molecule has 68 heavy (non-hydrogen) atoms. The minimum absolute atomic E-state index is 0. The third-order valence-corrected chi connectivity index (χ3v) is 11.0. The standard InChI is InChI=1S/C16H20O6.C14H16O6.C9H12F2O4.C6H9O2.3Cf/c1-8(2)15(18)20-7-13(17)22-14-10-3-9-4-11(6-10)16(19)21-12(14)5-9;1-6(2)13(16)18-5-10(15)19-11-7-3-8-9(4-7)14(17)20-12(8)11;1-6(2)7(12)14-4-5-15-8(13)9(3,10)11;1-4-8-6(7)5(2)3;;;/h9-12,14H,1,3-7H2,2H3;7-9,11-12H,1,3-5H2,2H3;1,4-5H2,2-3H3;4H,2H2,1,3H3;;;/q;;;-1;;;. The van der Waals surface area contributed by atoms with Crippen LogP contribution in [0.3, 0.4) is 0 Å². The Morgan fingerprint density at radius 2 is 1.12 bits per heavy atom. The van der Waals surface area contributed by atoms with Crippen LogP contribution in [0.25, 0.3) is 0 Å². The molecule has 3 saturated heterocycles. The molecule has 7 rings (SSSR count). The first kappa shape index (κ1) is 59.0. The zero-order valence-electron chi connectivity index (χ0n) is 38.3. The molecule has 10 unspecified atom stereocenters. The number of hydrogen-bond donors (Lipinski definition) is 0. The maximum Gasteiger partial charge on any atom is 0.376 e. The van der Waals surface area contributed by atoms with Crippen LogP contribution < -0.4 is 0 Å². The van der Waals surface area contributed by atoms with Crippen molar-refractivity contribution in [1.29, 1.82) is 0 Å². The average molecular weight is 1680 g/mol. The van der Waals surface area contributed by atoms with Crippen molar-refractivity contribution in [3.8, 4) is 0 Å². The molecular weight excluding hydrogens is 1620 g/mol. The van der Waals surface area contributed by atoms with Crippen LogP contribution in [0.5, 0.6) is 0 Å². The van der Waals surface area contributed by atoms with Crippen molar-refractivity contribution in [3.63, 3.8) is 0 Å². The second-order valence-corrected chi connectivity index (χ2v) is 16.6. The van der Waals surface area contributed by atoms with Crippen LogP contribution in [0.2, 0.25) is 0 Å². The van der Waals surface area contributed by atoms with E-state index in [-0.39, 0.29) is 83.0 Å². The van der Waals surface area contributed by atoms with Gasteiger partial charge < -0.3 is 42.6 Å². The van der Waals surface area contributed by atoms with Gasteiger partial charge in [0.25, 0.3) is 0 Å². The quantitative estimate of drug-likeness (QED) is 0.0718. The van der Waals surface area contributed by atoms with Gasteiger partial charge in [0, 0.05) is 47.0 Å². The Morgan fingerprint density at radius 3 is 1.60 bits per heavy atom. The number of carbonyl (C=O) groups excluding carboxylic acids is 9. The maximum absolute atomic E-state index is 12.2. The normalized spacial score (nSPS) is 25.6. The number of esters is 9. The fraction of sp³-hybridized carbons (Fsp3) is 0.600. The summed E-state index contributed by atoms with van der Waals surface area (Å²) < 4.78 is 68.6. The van der Waals surface area contributed by atoms with Gasteiger partial charge >= 0.3 is 59.6 Å². The Labute approximate surface area is 375 Å². The molecule has 390 valence electrons. The van der Waals surface area contributed by atoms with Gasteiger partial charge in [-0.25, -0.2) is 33.6 Å². The molecule has 7 aliphatic rings. The Hall–Kier alpha value is -8.95. The number of halogens is 2. The molecule has 3 heterocycles. The minimum atomic E-state index is -3.53. The fourth-order valence-corrected chi connectivity index (χ4v) is 8.09. The van der Waals surface area contributed by atoms with Crippen LogP contribution in [0, 0.1) is 42.1 Å². The van der Waals surface area contributed by atoms with Gasteiger partial charge in [-0.05, 0) is 72.1 Å². The molecule has 0 spiro atoms. The van der Waals surface area contributed by atoms with Gasteiger partial charge in [0.2, 0.25) is 0 Å².